The molecule has 4 heteroatoms. The maximum Gasteiger partial charge on any atom is 0.306 e. The van der Waals surface area contributed by atoms with E-state index in [2.05, 4.69) is 0 Å². The first-order valence-electron chi connectivity index (χ1n) is 8.08. The Morgan fingerprint density at radius 1 is 1.23 bits per heavy atom. The minimum Gasteiger partial charge on any atom is -0.466 e. The molecule has 0 saturated heterocycles. The molecule has 1 saturated carbocycles. The largest absolute Gasteiger partial charge is 0.466 e. The van der Waals surface area contributed by atoms with Crippen LogP contribution in [0.1, 0.15) is 45.1 Å². The normalized spacial score (nSPS) is 20.6. The third kappa shape index (κ3) is 4.33. The van der Waals surface area contributed by atoms with Crippen LogP contribution in [0.3, 0.4) is 0 Å². The smallest absolute Gasteiger partial charge is 0.306 e. The zero-order valence-electron chi connectivity index (χ0n) is 13.5. The highest BCUT2D eigenvalue weighted by atomic mass is 16.5. The summed E-state index contributed by atoms with van der Waals surface area (Å²) in [6.45, 7) is 4.46. The Kier molecular flexibility index (Phi) is 5.99. The maximum atomic E-state index is 12.1. The van der Waals surface area contributed by atoms with E-state index in [9.17, 15) is 9.59 Å². The first-order valence-corrected chi connectivity index (χ1v) is 8.08. The van der Waals surface area contributed by atoms with Gasteiger partial charge in [-0.15, -0.1) is 0 Å². The fourth-order valence-electron chi connectivity index (χ4n) is 3.34. The van der Waals surface area contributed by atoms with Gasteiger partial charge in [0.1, 0.15) is 0 Å². The number of benzene rings is 1. The average Bonchev–Trinajstić information content (AvgIpc) is 2.93. The van der Waals surface area contributed by atoms with Crippen molar-refractivity contribution in [2.24, 2.45) is 5.92 Å². The summed E-state index contributed by atoms with van der Waals surface area (Å²) in [6, 6.07) is 10.1. The highest BCUT2D eigenvalue weighted by molar-refractivity contribution is 5.74. The topological polar surface area (TPSA) is 46.6 Å². The molecule has 1 aromatic rings. The van der Waals surface area contributed by atoms with Gasteiger partial charge in [-0.2, -0.15) is 0 Å². The molecule has 0 unspecified atom stereocenters. The van der Waals surface area contributed by atoms with Crippen LogP contribution in [-0.2, 0) is 20.9 Å². The molecule has 0 N–H and O–H groups in total. The number of nitrogens with zero attached hydrogens (tertiary/aromatic N) is 1. The van der Waals surface area contributed by atoms with Gasteiger partial charge in [-0.1, -0.05) is 36.8 Å². The first kappa shape index (κ1) is 16.5. The third-order valence-corrected chi connectivity index (χ3v) is 4.35. The number of carbonyl (C=O) groups excluding carboxylic acids is 2. The van der Waals surface area contributed by atoms with E-state index in [-0.39, 0.29) is 23.8 Å². The van der Waals surface area contributed by atoms with Crippen molar-refractivity contribution in [3.63, 3.8) is 0 Å². The van der Waals surface area contributed by atoms with Crippen LogP contribution >= 0.6 is 0 Å². The molecule has 1 amide bonds. The van der Waals surface area contributed by atoms with Gasteiger partial charge >= 0.3 is 5.97 Å². The molecule has 1 aliphatic rings. The summed E-state index contributed by atoms with van der Waals surface area (Å²) in [5, 5.41) is 0. The summed E-state index contributed by atoms with van der Waals surface area (Å²) in [5.41, 5.74) is 1.12. The second-order valence-electron chi connectivity index (χ2n) is 5.90. The molecular weight excluding hydrogens is 278 g/mol. The fraction of sp³-hybridized carbons (Fsp3) is 0.556. The highest BCUT2D eigenvalue weighted by Crippen LogP contribution is 2.33. The zero-order chi connectivity index (χ0) is 15.9. The number of amides is 1. The molecule has 4 nitrogen and oxygen atoms in total. The van der Waals surface area contributed by atoms with Crippen LogP contribution in [0.15, 0.2) is 30.3 Å². The fourth-order valence-corrected chi connectivity index (χ4v) is 3.34. The van der Waals surface area contributed by atoms with Gasteiger partial charge in [-0.25, -0.2) is 0 Å². The Labute approximate surface area is 132 Å². The number of hydrogen-bond donors (Lipinski definition) is 0. The quantitative estimate of drug-likeness (QED) is 0.758. The summed E-state index contributed by atoms with van der Waals surface area (Å²) in [7, 11) is 0. The number of carbonyl (C=O) groups is 2. The lowest BCUT2D eigenvalue weighted by Crippen LogP contribution is -2.41. The highest BCUT2D eigenvalue weighted by Gasteiger charge is 2.35. The van der Waals surface area contributed by atoms with Crippen molar-refractivity contribution >= 4 is 11.9 Å². The summed E-state index contributed by atoms with van der Waals surface area (Å²) < 4.78 is 5.07. The van der Waals surface area contributed by atoms with Gasteiger partial charge in [0.15, 0.2) is 0 Å². The summed E-state index contributed by atoms with van der Waals surface area (Å²) in [5.74, 6) is 0.138. The predicted molar refractivity (Wildman–Crippen MR) is 85.0 cm³/mol. The molecule has 0 heterocycles. The Hall–Kier alpha value is -1.84. The minimum atomic E-state index is -0.150. The van der Waals surface area contributed by atoms with E-state index >= 15 is 0 Å². The second kappa shape index (κ2) is 7.97. The van der Waals surface area contributed by atoms with Crippen molar-refractivity contribution in [2.75, 3.05) is 6.61 Å². The molecule has 0 spiro atoms. The Bertz CT molecular complexity index is 500. The van der Waals surface area contributed by atoms with Crippen molar-refractivity contribution in [1.82, 2.24) is 4.90 Å². The minimum absolute atomic E-state index is 0.0737. The molecule has 1 fully saturated rings. The molecule has 22 heavy (non-hydrogen) atoms. The van der Waals surface area contributed by atoms with E-state index in [1.165, 1.54) is 0 Å². The van der Waals surface area contributed by atoms with E-state index in [0.717, 1.165) is 24.8 Å². The Balaban J connectivity index is 2.06. The molecule has 1 aromatic carbocycles. The standard InChI is InChI=1S/C18H25NO3/c1-3-22-18(21)12-16-10-7-11-17(16)19(14(2)20)13-15-8-5-4-6-9-15/h4-6,8-9,16-17H,3,7,10-13H2,1-2H3/t16-,17-/m0/s1. The Morgan fingerprint density at radius 3 is 2.59 bits per heavy atom. The van der Waals surface area contributed by atoms with Crippen molar-refractivity contribution in [3.8, 4) is 0 Å². The van der Waals surface area contributed by atoms with Gasteiger partial charge < -0.3 is 9.64 Å². The SMILES string of the molecule is CCOC(=O)C[C@@H]1CCC[C@@H]1N(Cc1ccccc1)C(C)=O. The van der Waals surface area contributed by atoms with Crippen LogP contribution in [0.25, 0.3) is 0 Å². The lowest BCUT2D eigenvalue weighted by atomic mass is 9.97. The molecular formula is C18H25NO3. The molecule has 120 valence electrons. The molecule has 0 bridgehead atoms. The maximum absolute atomic E-state index is 12.1. The molecule has 2 atom stereocenters. The van der Waals surface area contributed by atoms with Crippen LogP contribution < -0.4 is 0 Å². The predicted octanol–water partition coefficient (Wildman–Crippen LogP) is 3.16. The second-order valence-corrected chi connectivity index (χ2v) is 5.90. The number of esters is 1. The number of rotatable bonds is 6. The summed E-state index contributed by atoms with van der Waals surface area (Å²) in [4.78, 5) is 25.8. The van der Waals surface area contributed by atoms with Crippen LogP contribution in [0, 0.1) is 5.92 Å². The van der Waals surface area contributed by atoms with E-state index < -0.39 is 0 Å². The van der Waals surface area contributed by atoms with Crippen molar-refractivity contribution < 1.29 is 14.3 Å². The van der Waals surface area contributed by atoms with Crippen LogP contribution in [0.5, 0.6) is 0 Å². The first-order chi connectivity index (χ1) is 10.6. The summed E-state index contributed by atoms with van der Waals surface area (Å²) >= 11 is 0. The third-order valence-electron chi connectivity index (χ3n) is 4.35. The van der Waals surface area contributed by atoms with Gasteiger partial charge in [-0.3, -0.25) is 9.59 Å². The molecule has 2 rings (SSSR count). The zero-order valence-corrected chi connectivity index (χ0v) is 13.5. The monoisotopic (exact) mass is 303 g/mol. The van der Waals surface area contributed by atoms with Gasteiger partial charge in [0.05, 0.1) is 13.0 Å². The molecule has 0 radical (unpaired) electrons. The number of ether oxygens (including phenoxy) is 1. The lowest BCUT2D eigenvalue weighted by Gasteiger charge is -2.32. The molecule has 0 aliphatic heterocycles. The van der Waals surface area contributed by atoms with E-state index in [0.29, 0.717) is 19.6 Å². The van der Waals surface area contributed by atoms with Gasteiger partial charge in [-0.05, 0) is 31.2 Å². The molecule has 0 aromatic heterocycles. The van der Waals surface area contributed by atoms with Crippen molar-refractivity contribution in [1.29, 1.82) is 0 Å². The Morgan fingerprint density at radius 2 is 1.95 bits per heavy atom. The van der Waals surface area contributed by atoms with E-state index in [1.807, 2.05) is 42.2 Å². The van der Waals surface area contributed by atoms with E-state index in [1.54, 1.807) is 6.92 Å². The number of hydrogen-bond acceptors (Lipinski definition) is 3. The van der Waals surface area contributed by atoms with Crippen LogP contribution in [-0.4, -0.2) is 29.4 Å². The van der Waals surface area contributed by atoms with Crippen molar-refractivity contribution in [2.45, 2.75) is 52.1 Å². The average molecular weight is 303 g/mol. The summed E-state index contributed by atoms with van der Waals surface area (Å²) in [6.07, 6.45) is 3.43. The van der Waals surface area contributed by atoms with Crippen molar-refractivity contribution in [3.05, 3.63) is 35.9 Å². The van der Waals surface area contributed by atoms with Crippen LogP contribution in [0.4, 0.5) is 0 Å². The lowest BCUT2D eigenvalue weighted by molar-refractivity contribution is -0.145. The van der Waals surface area contributed by atoms with Gasteiger partial charge in [0.2, 0.25) is 5.91 Å². The molecule has 1 aliphatic carbocycles. The van der Waals surface area contributed by atoms with E-state index in [4.69, 9.17) is 4.74 Å². The van der Waals surface area contributed by atoms with Gasteiger partial charge in [0, 0.05) is 19.5 Å². The van der Waals surface area contributed by atoms with Gasteiger partial charge in [0.25, 0.3) is 0 Å². The van der Waals surface area contributed by atoms with Crippen LogP contribution in [0.2, 0.25) is 0 Å².